The standard InChI is InChI=1S/C27H28Cl2N6O4/c1-33(9-10-38-3)26(37)22-12-18(14-34(22)2)31-27-30-13-17-11-19(23-20(28)5-4-6-21(23)29)25(36)35(24(17)32-27)39-15-16-7-8-16/h4-6,11-14,16H,7-10,15H2,1-3H3,(H,30,31,32). The van der Waals surface area contributed by atoms with Crippen LogP contribution in [0.15, 0.2) is 47.5 Å². The predicted molar refractivity (Wildman–Crippen MR) is 151 cm³/mol. The fourth-order valence-corrected chi connectivity index (χ4v) is 4.75. The number of pyridine rings is 1. The van der Waals surface area contributed by atoms with E-state index in [9.17, 15) is 9.59 Å². The molecule has 1 N–H and O–H groups in total. The molecule has 0 aliphatic heterocycles. The van der Waals surface area contributed by atoms with Crippen molar-refractivity contribution in [3.8, 4) is 11.1 Å². The molecule has 1 aliphatic rings. The van der Waals surface area contributed by atoms with Crippen molar-refractivity contribution in [2.75, 3.05) is 39.2 Å². The van der Waals surface area contributed by atoms with Gasteiger partial charge in [0, 0.05) is 51.1 Å². The quantitative estimate of drug-likeness (QED) is 0.301. The summed E-state index contributed by atoms with van der Waals surface area (Å²) >= 11 is 12.8. The molecule has 1 amide bonds. The van der Waals surface area contributed by atoms with Crippen LogP contribution in [-0.4, -0.2) is 64.0 Å². The number of methoxy groups -OCH3 is 1. The van der Waals surface area contributed by atoms with E-state index in [-0.39, 0.29) is 11.9 Å². The Labute approximate surface area is 235 Å². The van der Waals surface area contributed by atoms with Crippen LogP contribution >= 0.6 is 23.2 Å². The topological polar surface area (TPSA) is 104 Å². The molecule has 3 heterocycles. The fraction of sp³-hybridized carbons (Fsp3) is 0.333. The summed E-state index contributed by atoms with van der Waals surface area (Å²) in [7, 11) is 5.10. The van der Waals surface area contributed by atoms with Gasteiger partial charge in [-0.15, -0.1) is 4.73 Å². The van der Waals surface area contributed by atoms with Crippen LogP contribution < -0.4 is 15.7 Å². The number of nitrogens with zero attached hydrogens (tertiary/aromatic N) is 5. The largest absolute Gasteiger partial charge is 0.408 e. The van der Waals surface area contributed by atoms with Crippen LogP contribution in [0.25, 0.3) is 22.2 Å². The Bertz CT molecular complexity index is 1580. The summed E-state index contributed by atoms with van der Waals surface area (Å²) in [6.45, 7) is 1.30. The Morgan fingerprint density at radius 2 is 1.97 bits per heavy atom. The van der Waals surface area contributed by atoms with E-state index < -0.39 is 5.56 Å². The summed E-state index contributed by atoms with van der Waals surface area (Å²) in [5.74, 6) is 0.503. The monoisotopic (exact) mass is 570 g/mol. The summed E-state index contributed by atoms with van der Waals surface area (Å²) < 4.78 is 7.99. The number of amides is 1. The van der Waals surface area contributed by atoms with Crippen LogP contribution in [0, 0.1) is 5.92 Å². The van der Waals surface area contributed by atoms with Crippen LogP contribution in [0.2, 0.25) is 10.0 Å². The van der Waals surface area contributed by atoms with Gasteiger partial charge in [0.25, 0.3) is 11.5 Å². The number of nitrogens with one attached hydrogen (secondary N) is 1. The molecule has 0 spiro atoms. The lowest BCUT2D eigenvalue weighted by molar-refractivity contribution is 0.0735. The fourth-order valence-electron chi connectivity index (χ4n) is 4.15. The number of fused-ring (bicyclic) bond motifs is 1. The average Bonchev–Trinajstić information content (AvgIpc) is 3.67. The summed E-state index contributed by atoms with van der Waals surface area (Å²) in [4.78, 5) is 43.1. The van der Waals surface area contributed by atoms with Crippen molar-refractivity contribution in [3.63, 3.8) is 0 Å². The minimum absolute atomic E-state index is 0.143. The highest BCUT2D eigenvalue weighted by Crippen LogP contribution is 2.34. The molecule has 10 nitrogen and oxygen atoms in total. The van der Waals surface area contributed by atoms with Crippen molar-refractivity contribution >= 4 is 51.8 Å². The zero-order valence-corrected chi connectivity index (χ0v) is 23.3. The van der Waals surface area contributed by atoms with Crippen molar-refractivity contribution in [1.82, 2.24) is 24.2 Å². The Morgan fingerprint density at radius 1 is 1.23 bits per heavy atom. The minimum atomic E-state index is -0.422. The normalized spacial score (nSPS) is 13.1. The molecule has 39 heavy (non-hydrogen) atoms. The molecule has 0 atom stereocenters. The van der Waals surface area contributed by atoms with E-state index in [2.05, 4.69) is 15.3 Å². The minimum Gasteiger partial charge on any atom is -0.408 e. The number of rotatable bonds is 10. The van der Waals surface area contributed by atoms with Crippen LogP contribution in [0.1, 0.15) is 23.3 Å². The Kier molecular flexibility index (Phi) is 7.79. The zero-order chi connectivity index (χ0) is 27.7. The van der Waals surface area contributed by atoms with Crippen LogP contribution in [0.5, 0.6) is 0 Å². The Balaban J connectivity index is 1.51. The number of anilines is 2. The lowest BCUT2D eigenvalue weighted by Crippen LogP contribution is -2.31. The number of carbonyl (C=O) groups excluding carboxylic acids is 1. The van der Waals surface area contributed by atoms with Crippen LogP contribution in [-0.2, 0) is 11.8 Å². The van der Waals surface area contributed by atoms with Gasteiger partial charge in [-0.2, -0.15) is 4.98 Å². The number of hydrogen-bond acceptors (Lipinski definition) is 7. The molecule has 0 bridgehead atoms. The van der Waals surface area contributed by atoms with Crippen LogP contribution in [0.4, 0.5) is 11.6 Å². The third-order valence-corrected chi connectivity index (χ3v) is 7.16. The van der Waals surface area contributed by atoms with Crippen molar-refractivity contribution in [3.05, 3.63) is 68.8 Å². The van der Waals surface area contributed by atoms with E-state index in [4.69, 9.17) is 32.8 Å². The number of hydrogen-bond donors (Lipinski definition) is 1. The SMILES string of the molecule is COCCN(C)C(=O)c1cc(Nc2ncc3cc(-c4c(Cl)cccc4Cl)c(=O)n(OCC4CC4)c3n2)cn1C. The highest BCUT2D eigenvalue weighted by Gasteiger charge is 2.24. The van der Waals surface area contributed by atoms with Gasteiger partial charge in [0.1, 0.15) is 12.3 Å². The molecule has 1 aliphatic carbocycles. The first-order valence-electron chi connectivity index (χ1n) is 12.4. The van der Waals surface area contributed by atoms with Crippen LogP contribution in [0.3, 0.4) is 0 Å². The summed E-state index contributed by atoms with van der Waals surface area (Å²) in [6.07, 6.45) is 5.48. The van der Waals surface area contributed by atoms with E-state index in [1.165, 1.54) is 4.73 Å². The molecule has 3 aromatic heterocycles. The number of halogens is 2. The van der Waals surface area contributed by atoms with E-state index in [0.717, 1.165) is 12.8 Å². The first-order chi connectivity index (χ1) is 18.8. The molecule has 204 valence electrons. The number of likely N-dealkylation sites (N-methyl/N-ethyl adjacent to an activating group) is 1. The van der Waals surface area contributed by atoms with E-state index in [0.29, 0.717) is 69.3 Å². The molecule has 1 saturated carbocycles. The van der Waals surface area contributed by atoms with Gasteiger partial charge >= 0.3 is 0 Å². The van der Waals surface area contributed by atoms with Gasteiger partial charge in [0.2, 0.25) is 5.95 Å². The molecule has 0 saturated heterocycles. The maximum Gasteiger partial charge on any atom is 0.293 e. The molecule has 4 aromatic rings. The van der Waals surface area contributed by atoms with Gasteiger partial charge in [-0.25, -0.2) is 4.98 Å². The lowest BCUT2D eigenvalue weighted by Gasteiger charge is -2.16. The highest BCUT2D eigenvalue weighted by molar-refractivity contribution is 6.39. The molecule has 0 radical (unpaired) electrons. The maximum absolute atomic E-state index is 13.6. The molecule has 1 fully saturated rings. The van der Waals surface area contributed by atoms with Gasteiger partial charge in [0.05, 0.1) is 27.9 Å². The third kappa shape index (κ3) is 5.73. The average molecular weight is 571 g/mol. The summed E-state index contributed by atoms with van der Waals surface area (Å²) in [6, 6.07) is 8.47. The van der Waals surface area contributed by atoms with Gasteiger partial charge in [-0.1, -0.05) is 29.3 Å². The Morgan fingerprint density at radius 3 is 2.67 bits per heavy atom. The molecule has 5 rings (SSSR count). The summed E-state index contributed by atoms with van der Waals surface area (Å²) in [5.41, 5.74) is 1.71. The first-order valence-corrected chi connectivity index (χ1v) is 13.2. The predicted octanol–water partition coefficient (Wildman–Crippen LogP) is 4.40. The van der Waals surface area contributed by atoms with Gasteiger partial charge in [-0.05, 0) is 43.0 Å². The number of benzene rings is 1. The summed E-state index contributed by atoms with van der Waals surface area (Å²) in [5, 5.41) is 4.42. The van der Waals surface area contributed by atoms with E-state index >= 15 is 0 Å². The van der Waals surface area contributed by atoms with Crippen molar-refractivity contribution in [1.29, 1.82) is 0 Å². The highest BCUT2D eigenvalue weighted by atomic mass is 35.5. The smallest absolute Gasteiger partial charge is 0.293 e. The first kappa shape index (κ1) is 27.0. The number of carbonyl (C=O) groups is 1. The molecule has 12 heteroatoms. The second-order valence-electron chi connectivity index (χ2n) is 9.54. The molecule has 0 unspecified atom stereocenters. The Hall–Kier alpha value is -3.60. The van der Waals surface area contributed by atoms with Crippen molar-refractivity contribution in [2.24, 2.45) is 13.0 Å². The number of ether oxygens (including phenoxy) is 1. The van der Waals surface area contributed by atoms with Crippen molar-refractivity contribution < 1.29 is 14.4 Å². The second-order valence-corrected chi connectivity index (χ2v) is 10.3. The van der Waals surface area contributed by atoms with Gasteiger partial charge in [-0.3, -0.25) is 9.59 Å². The van der Waals surface area contributed by atoms with Crippen molar-refractivity contribution in [2.45, 2.75) is 12.8 Å². The number of aromatic nitrogens is 4. The molecular formula is C27H28Cl2N6O4. The maximum atomic E-state index is 13.6. The second kappa shape index (κ2) is 11.3. The van der Waals surface area contributed by atoms with Gasteiger partial charge in [0.15, 0.2) is 5.65 Å². The van der Waals surface area contributed by atoms with E-state index in [1.54, 1.807) is 73.4 Å². The van der Waals surface area contributed by atoms with E-state index in [1.807, 2.05) is 0 Å². The molecular weight excluding hydrogens is 543 g/mol. The third-order valence-electron chi connectivity index (χ3n) is 6.53. The van der Waals surface area contributed by atoms with Gasteiger partial charge < -0.3 is 24.4 Å². The zero-order valence-electron chi connectivity index (χ0n) is 21.8. The number of aryl methyl sites for hydroxylation is 1. The molecule has 1 aromatic carbocycles. The lowest BCUT2D eigenvalue weighted by atomic mass is 10.1.